The Balaban J connectivity index is 1.45. The zero-order valence-electron chi connectivity index (χ0n) is 21.0. The number of amides is 1. The maximum absolute atomic E-state index is 12.7. The van der Waals surface area contributed by atoms with E-state index in [0.717, 1.165) is 35.9 Å². The molecule has 2 N–H and O–H groups in total. The molecule has 0 spiro atoms. The van der Waals surface area contributed by atoms with Crippen LogP contribution in [0.5, 0.6) is 0 Å². The largest absolute Gasteiger partial charge is 0.444 e. The summed E-state index contributed by atoms with van der Waals surface area (Å²) in [5.74, 6) is 0.398. The monoisotopic (exact) mass is 484 g/mol. The number of likely N-dealkylation sites (tertiary alicyclic amines) is 1. The third-order valence-corrected chi connectivity index (χ3v) is 6.39. The number of rotatable bonds is 4. The number of carbonyl (C=O) groups excluding carboxylic acids is 1. The maximum atomic E-state index is 12.7. The first-order valence-electron chi connectivity index (χ1n) is 12.4. The third kappa shape index (κ3) is 5.03. The Morgan fingerprint density at radius 2 is 1.78 bits per heavy atom. The smallest absolute Gasteiger partial charge is 0.410 e. The van der Waals surface area contributed by atoms with Crippen molar-refractivity contribution in [1.29, 1.82) is 0 Å². The lowest BCUT2D eigenvalue weighted by Gasteiger charge is -2.34. The molecule has 1 atom stereocenters. The van der Waals surface area contributed by atoms with Gasteiger partial charge in [-0.05, 0) is 51.2 Å². The van der Waals surface area contributed by atoms with Crippen molar-refractivity contribution in [3.05, 3.63) is 72.1 Å². The summed E-state index contributed by atoms with van der Waals surface area (Å²) in [6.45, 7) is 6.81. The van der Waals surface area contributed by atoms with Crippen molar-refractivity contribution >= 4 is 22.9 Å². The summed E-state index contributed by atoms with van der Waals surface area (Å²) >= 11 is 0. The third-order valence-electron chi connectivity index (χ3n) is 6.39. The van der Waals surface area contributed by atoms with Gasteiger partial charge in [-0.15, -0.1) is 0 Å². The second kappa shape index (κ2) is 9.60. The molecule has 0 saturated carbocycles. The number of anilines is 1. The Bertz CT molecular complexity index is 1360. The van der Waals surface area contributed by atoms with E-state index in [9.17, 15) is 4.79 Å². The Kier molecular flexibility index (Phi) is 6.35. The molecule has 2 aromatic carbocycles. The minimum Gasteiger partial charge on any atom is -0.444 e. The lowest BCUT2D eigenvalue weighted by atomic mass is 10.0. The molecule has 5 rings (SSSR count). The Morgan fingerprint density at radius 3 is 2.50 bits per heavy atom. The van der Waals surface area contributed by atoms with E-state index in [4.69, 9.17) is 15.6 Å². The van der Waals surface area contributed by atoms with Crippen LogP contribution in [0.2, 0.25) is 0 Å². The predicted octanol–water partition coefficient (Wildman–Crippen LogP) is 5.24. The molecule has 4 aromatic rings. The number of piperidine rings is 1. The number of ether oxygens (including phenoxy) is 1. The van der Waals surface area contributed by atoms with Gasteiger partial charge in [-0.1, -0.05) is 54.6 Å². The van der Waals surface area contributed by atoms with Gasteiger partial charge in [0.15, 0.2) is 5.65 Å². The number of nitrogen functional groups attached to an aromatic ring is 1. The topological polar surface area (TPSA) is 99.2 Å². The summed E-state index contributed by atoms with van der Waals surface area (Å²) in [6.07, 6.45) is 3.78. The molecule has 1 amide bonds. The van der Waals surface area contributed by atoms with Crippen LogP contribution in [0, 0.1) is 0 Å². The van der Waals surface area contributed by atoms with E-state index in [1.165, 1.54) is 17.5 Å². The molecule has 1 fully saturated rings. The van der Waals surface area contributed by atoms with Gasteiger partial charge in [0.1, 0.15) is 23.4 Å². The molecule has 2 aromatic heterocycles. The molecule has 8 heteroatoms. The number of nitrogens with zero attached hydrogens (tertiary/aromatic N) is 5. The molecule has 0 unspecified atom stereocenters. The fraction of sp³-hybridized carbons (Fsp3) is 0.357. The van der Waals surface area contributed by atoms with Crippen molar-refractivity contribution in [1.82, 2.24) is 24.6 Å². The van der Waals surface area contributed by atoms with E-state index in [-0.39, 0.29) is 12.1 Å². The van der Waals surface area contributed by atoms with Gasteiger partial charge in [-0.25, -0.2) is 19.4 Å². The second-order valence-corrected chi connectivity index (χ2v) is 10.3. The van der Waals surface area contributed by atoms with Crippen molar-refractivity contribution in [3.8, 4) is 11.3 Å². The quantitative estimate of drug-likeness (QED) is 0.425. The van der Waals surface area contributed by atoms with Gasteiger partial charge in [0.2, 0.25) is 0 Å². The second-order valence-electron chi connectivity index (χ2n) is 10.3. The molecule has 1 saturated heterocycles. The molecule has 0 aliphatic carbocycles. The van der Waals surface area contributed by atoms with Gasteiger partial charge < -0.3 is 15.4 Å². The average Bonchev–Trinajstić information content (AvgIpc) is 3.25. The summed E-state index contributed by atoms with van der Waals surface area (Å²) in [5, 5.41) is 5.72. The van der Waals surface area contributed by atoms with Gasteiger partial charge in [0, 0.05) is 18.7 Å². The first-order chi connectivity index (χ1) is 17.3. The highest BCUT2D eigenvalue weighted by molar-refractivity contribution is 5.98. The SMILES string of the molecule is CC(C)(C)OC(=O)N1CCC[C@@H](n2nc(-c3ccc(Cc4ccccc4)cc3)c3c(N)ncnc32)C1. The van der Waals surface area contributed by atoms with Crippen LogP contribution in [-0.2, 0) is 11.2 Å². The summed E-state index contributed by atoms with van der Waals surface area (Å²) in [7, 11) is 0. The summed E-state index contributed by atoms with van der Waals surface area (Å²) < 4.78 is 7.52. The van der Waals surface area contributed by atoms with E-state index >= 15 is 0 Å². The van der Waals surface area contributed by atoms with E-state index in [0.29, 0.717) is 24.6 Å². The lowest BCUT2D eigenvalue weighted by molar-refractivity contribution is 0.0169. The minimum absolute atomic E-state index is 0.0332. The number of hydrogen-bond donors (Lipinski definition) is 1. The van der Waals surface area contributed by atoms with E-state index in [1.807, 2.05) is 31.5 Å². The van der Waals surface area contributed by atoms with Crippen molar-refractivity contribution in [2.24, 2.45) is 0 Å². The van der Waals surface area contributed by atoms with E-state index < -0.39 is 5.60 Å². The summed E-state index contributed by atoms with van der Waals surface area (Å²) in [6, 6.07) is 18.8. The van der Waals surface area contributed by atoms with Crippen LogP contribution in [0.15, 0.2) is 60.9 Å². The first-order valence-corrected chi connectivity index (χ1v) is 12.4. The number of fused-ring (bicyclic) bond motifs is 1. The Labute approximate surface area is 211 Å². The fourth-order valence-electron chi connectivity index (χ4n) is 4.71. The number of nitrogens with two attached hydrogens (primary N) is 1. The lowest BCUT2D eigenvalue weighted by Crippen LogP contribution is -2.43. The van der Waals surface area contributed by atoms with Crippen LogP contribution in [0.25, 0.3) is 22.3 Å². The molecular formula is C28H32N6O2. The zero-order valence-corrected chi connectivity index (χ0v) is 21.0. The molecule has 36 heavy (non-hydrogen) atoms. The van der Waals surface area contributed by atoms with Gasteiger partial charge in [0.25, 0.3) is 0 Å². The number of hydrogen-bond acceptors (Lipinski definition) is 6. The first kappa shape index (κ1) is 23.8. The Hall–Kier alpha value is -3.94. The van der Waals surface area contributed by atoms with Crippen molar-refractivity contribution in [2.75, 3.05) is 18.8 Å². The van der Waals surface area contributed by atoms with Crippen LogP contribution in [-0.4, -0.2) is 49.4 Å². The van der Waals surface area contributed by atoms with Crippen LogP contribution < -0.4 is 5.73 Å². The summed E-state index contributed by atoms with van der Waals surface area (Å²) in [5.41, 5.74) is 10.7. The van der Waals surface area contributed by atoms with Crippen molar-refractivity contribution < 1.29 is 9.53 Å². The van der Waals surface area contributed by atoms with Crippen LogP contribution in [0.1, 0.15) is 50.8 Å². The van der Waals surface area contributed by atoms with Crippen molar-refractivity contribution in [2.45, 2.75) is 51.7 Å². The molecule has 1 aliphatic rings. The van der Waals surface area contributed by atoms with Gasteiger partial charge in [-0.3, -0.25) is 0 Å². The average molecular weight is 485 g/mol. The molecular weight excluding hydrogens is 452 g/mol. The van der Waals surface area contributed by atoms with Crippen LogP contribution in [0.4, 0.5) is 10.6 Å². The molecule has 1 aliphatic heterocycles. The minimum atomic E-state index is -0.538. The molecule has 8 nitrogen and oxygen atoms in total. The zero-order chi connectivity index (χ0) is 25.3. The van der Waals surface area contributed by atoms with Crippen LogP contribution >= 0.6 is 0 Å². The number of aromatic nitrogens is 4. The molecule has 186 valence electrons. The van der Waals surface area contributed by atoms with Gasteiger partial charge in [0.05, 0.1) is 11.4 Å². The fourth-order valence-corrected chi connectivity index (χ4v) is 4.71. The van der Waals surface area contributed by atoms with Gasteiger partial charge in [-0.2, -0.15) is 5.10 Å². The number of benzene rings is 2. The van der Waals surface area contributed by atoms with Crippen molar-refractivity contribution in [3.63, 3.8) is 0 Å². The Morgan fingerprint density at radius 1 is 1.06 bits per heavy atom. The highest BCUT2D eigenvalue weighted by atomic mass is 16.6. The predicted molar refractivity (Wildman–Crippen MR) is 140 cm³/mol. The normalized spacial score (nSPS) is 16.3. The molecule has 0 bridgehead atoms. The van der Waals surface area contributed by atoms with E-state index in [1.54, 1.807) is 4.90 Å². The maximum Gasteiger partial charge on any atom is 0.410 e. The number of carbonyl (C=O) groups is 1. The summed E-state index contributed by atoms with van der Waals surface area (Å²) in [4.78, 5) is 23.3. The molecule has 0 radical (unpaired) electrons. The molecule has 3 heterocycles. The van der Waals surface area contributed by atoms with Gasteiger partial charge >= 0.3 is 6.09 Å². The standard InChI is InChI=1S/C28H32N6O2/c1-28(2,3)36-27(35)33-15-7-10-22(17-33)34-26-23(25(29)30-18-31-26)24(32-34)21-13-11-20(12-14-21)16-19-8-5-4-6-9-19/h4-6,8-9,11-14,18,22H,7,10,15-17H2,1-3H3,(H2,29,30,31)/t22-/m1/s1. The highest BCUT2D eigenvalue weighted by Gasteiger charge is 2.31. The highest BCUT2D eigenvalue weighted by Crippen LogP contribution is 2.34. The van der Waals surface area contributed by atoms with E-state index in [2.05, 4.69) is 58.5 Å². The van der Waals surface area contributed by atoms with Crippen LogP contribution in [0.3, 0.4) is 0 Å².